The normalized spacial score (nSPS) is 10.8. The lowest BCUT2D eigenvalue weighted by Gasteiger charge is -2.00. The maximum atomic E-state index is 5.67. The van der Waals surface area contributed by atoms with E-state index in [1.807, 2.05) is 0 Å². The lowest BCUT2D eigenvalue weighted by Crippen LogP contribution is -2.13. The van der Waals surface area contributed by atoms with Crippen LogP contribution in [0.25, 0.3) is 0 Å². The molecule has 1 nitrogen and oxygen atoms in total. The molecule has 0 aromatic rings. The van der Waals surface area contributed by atoms with Crippen molar-refractivity contribution in [2.24, 2.45) is 0 Å². The van der Waals surface area contributed by atoms with E-state index in [4.69, 9.17) is 22.2 Å². The van der Waals surface area contributed by atoms with Crippen molar-refractivity contribution in [3.8, 4) is 0 Å². The molecule has 0 bridgehead atoms. The van der Waals surface area contributed by atoms with Gasteiger partial charge >= 0.3 is 0 Å². The van der Waals surface area contributed by atoms with Crippen molar-refractivity contribution in [1.29, 1.82) is 0 Å². The van der Waals surface area contributed by atoms with E-state index in [9.17, 15) is 0 Å². The van der Waals surface area contributed by atoms with Crippen LogP contribution in [0.15, 0.2) is 0 Å². The van der Waals surface area contributed by atoms with Crippen LogP contribution < -0.4 is 5.32 Å². The second kappa shape index (κ2) is 7.86. The molecule has 0 aromatic heterocycles. The maximum absolute atomic E-state index is 5.67. The summed E-state index contributed by atoms with van der Waals surface area (Å²) in [5.74, 6) is 0. The highest BCUT2D eigenvalue weighted by atomic mass is 35.7. The average molecular weight is 200 g/mol. The Kier molecular flexibility index (Phi) is 8.45. The molecule has 0 atom stereocenters. The van der Waals surface area contributed by atoms with Crippen molar-refractivity contribution in [2.75, 3.05) is 13.1 Å². The van der Waals surface area contributed by atoms with Crippen LogP contribution in [0.5, 0.6) is 0 Å². The first-order valence-electron chi connectivity index (χ1n) is 3.76. The summed E-state index contributed by atoms with van der Waals surface area (Å²) in [6.07, 6.45) is 2.38. The van der Waals surface area contributed by atoms with E-state index >= 15 is 0 Å². The van der Waals surface area contributed by atoms with Gasteiger partial charge in [-0.2, -0.15) is 22.2 Å². The van der Waals surface area contributed by atoms with Gasteiger partial charge < -0.3 is 5.32 Å². The van der Waals surface area contributed by atoms with E-state index < -0.39 is 7.42 Å². The highest BCUT2D eigenvalue weighted by Crippen LogP contribution is 2.07. The van der Waals surface area contributed by atoms with Gasteiger partial charge in [0.2, 0.25) is 7.42 Å². The molecule has 4 heteroatoms. The SMILES string of the molecule is CCNCCCC[SiH](Cl)Cl. The monoisotopic (exact) mass is 199 g/mol. The van der Waals surface area contributed by atoms with Crippen LogP contribution in [0.3, 0.4) is 0 Å². The lowest BCUT2D eigenvalue weighted by atomic mass is 10.3. The fourth-order valence-electron chi connectivity index (χ4n) is 0.725. The van der Waals surface area contributed by atoms with Gasteiger partial charge in [0.05, 0.1) is 0 Å². The predicted molar refractivity (Wildman–Crippen MR) is 51.4 cm³/mol. The second-order valence-electron chi connectivity index (χ2n) is 2.24. The summed E-state index contributed by atoms with van der Waals surface area (Å²) >= 11 is 11.3. The zero-order valence-corrected chi connectivity index (χ0v) is 9.04. The fourth-order valence-corrected chi connectivity index (χ4v) is 2.25. The van der Waals surface area contributed by atoms with Crippen molar-refractivity contribution < 1.29 is 0 Å². The number of rotatable bonds is 6. The molecule has 62 valence electrons. The Hall–Kier alpha value is 0.757. The molecule has 0 aliphatic rings. The number of hydrogen-bond acceptors (Lipinski definition) is 1. The Morgan fingerprint density at radius 3 is 2.50 bits per heavy atom. The fraction of sp³-hybridized carbons (Fsp3) is 1.00. The molecular weight excluding hydrogens is 185 g/mol. The van der Waals surface area contributed by atoms with Crippen LogP contribution in [0, 0.1) is 0 Å². The molecule has 0 unspecified atom stereocenters. The van der Waals surface area contributed by atoms with Crippen LogP contribution in [0.4, 0.5) is 0 Å². The smallest absolute Gasteiger partial charge is 0.237 e. The molecule has 0 amide bonds. The van der Waals surface area contributed by atoms with Crippen molar-refractivity contribution in [2.45, 2.75) is 25.8 Å². The third-order valence-corrected chi connectivity index (χ3v) is 3.43. The Morgan fingerprint density at radius 2 is 2.00 bits per heavy atom. The number of unbranched alkanes of at least 4 members (excludes halogenated alkanes) is 1. The summed E-state index contributed by atoms with van der Waals surface area (Å²) in [6, 6.07) is 1.05. The van der Waals surface area contributed by atoms with E-state index in [1.54, 1.807) is 0 Å². The van der Waals surface area contributed by atoms with E-state index in [1.165, 1.54) is 12.8 Å². The molecule has 0 radical (unpaired) electrons. The molecule has 0 heterocycles. The minimum Gasteiger partial charge on any atom is -0.317 e. The zero-order valence-electron chi connectivity index (χ0n) is 6.37. The summed E-state index contributed by atoms with van der Waals surface area (Å²) in [6.45, 7) is 4.27. The molecular formula is C6H15Cl2NSi. The molecule has 1 N–H and O–H groups in total. The molecule has 0 fully saturated rings. The molecule has 0 saturated heterocycles. The zero-order chi connectivity index (χ0) is 7.82. The molecule has 0 aliphatic carbocycles. The highest BCUT2D eigenvalue weighted by molar-refractivity contribution is 7.33. The standard InChI is InChI=1S/C6H15Cl2NSi/c1-2-9-5-3-4-6-10(7)8/h9-10H,2-6H2,1H3. The van der Waals surface area contributed by atoms with Gasteiger partial charge in [-0.1, -0.05) is 13.3 Å². The van der Waals surface area contributed by atoms with Gasteiger partial charge in [-0.25, -0.2) is 0 Å². The Bertz CT molecular complexity index is 70.8. The Morgan fingerprint density at radius 1 is 1.30 bits per heavy atom. The minimum atomic E-state index is -1.31. The van der Waals surface area contributed by atoms with Crippen LogP contribution in [0.2, 0.25) is 6.04 Å². The Balaban J connectivity index is 2.77. The average Bonchev–Trinajstić information content (AvgIpc) is 1.87. The third kappa shape index (κ3) is 8.76. The van der Waals surface area contributed by atoms with Crippen molar-refractivity contribution in [1.82, 2.24) is 5.32 Å². The quantitative estimate of drug-likeness (QED) is 0.393. The molecule has 0 spiro atoms. The van der Waals surface area contributed by atoms with Gasteiger partial charge in [0.25, 0.3) is 0 Å². The Labute approximate surface area is 74.1 Å². The summed E-state index contributed by atoms with van der Waals surface area (Å²) in [5, 5.41) is 3.25. The van der Waals surface area contributed by atoms with E-state index in [0.717, 1.165) is 19.1 Å². The molecule has 0 rings (SSSR count). The summed E-state index contributed by atoms with van der Waals surface area (Å²) < 4.78 is 0. The van der Waals surface area contributed by atoms with Crippen molar-refractivity contribution >= 4 is 29.6 Å². The molecule has 10 heavy (non-hydrogen) atoms. The topological polar surface area (TPSA) is 12.0 Å². The summed E-state index contributed by atoms with van der Waals surface area (Å²) in [5.41, 5.74) is 0. The van der Waals surface area contributed by atoms with Gasteiger partial charge in [0.1, 0.15) is 0 Å². The maximum Gasteiger partial charge on any atom is 0.237 e. The van der Waals surface area contributed by atoms with Gasteiger partial charge in [-0.05, 0) is 25.6 Å². The van der Waals surface area contributed by atoms with E-state index in [-0.39, 0.29) is 0 Å². The van der Waals surface area contributed by atoms with Crippen LogP contribution >= 0.6 is 22.2 Å². The summed E-state index contributed by atoms with van der Waals surface area (Å²) in [4.78, 5) is 0. The van der Waals surface area contributed by atoms with Crippen molar-refractivity contribution in [3.63, 3.8) is 0 Å². The van der Waals surface area contributed by atoms with Crippen molar-refractivity contribution in [3.05, 3.63) is 0 Å². The van der Waals surface area contributed by atoms with E-state index in [0.29, 0.717) is 0 Å². The first-order valence-corrected chi connectivity index (χ1v) is 8.07. The van der Waals surface area contributed by atoms with Crippen LogP contribution in [0.1, 0.15) is 19.8 Å². The molecule has 0 aromatic carbocycles. The summed E-state index contributed by atoms with van der Waals surface area (Å²) in [7, 11) is -1.31. The predicted octanol–water partition coefficient (Wildman–Crippen LogP) is 2.07. The largest absolute Gasteiger partial charge is 0.317 e. The lowest BCUT2D eigenvalue weighted by molar-refractivity contribution is 0.662. The number of halogens is 2. The van der Waals surface area contributed by atoms with Gasteiger partial charge in [-0.15, -0.1) is 0 Å². The minimum absolute atomic E-state index is 1.05. The second-order valence-corrected chi connectivity index (χ2v) is 7.43. The van der Waals surface area contributed by atoms with Crippen LogP contribution in [-0.2, 0) is 0 Å². The number of nitrogens with one attached hydrogen (secondary N) is 1. The third-order valence-electron chi connectivity index (χ3n) is 1.28. The van der Waals surface area contributed by atoms with Gasteiger partial charge in [0.15, 0.2) is 0 Å². The van der Waals surface area contributed by atoms with Gasteiger partial charge in [0, 0.05) is 0 Å². The van der Waals surface area contributed by atoms with Gasteiger partial charge in [-0.3, -0.25) is 0 Å². The first-order chi connectivity index (χ1) is 4.77. The number of hydrogen-bond donors (Lipinski definition) is 1. The van der Waals surface area contributed by atoms with E-state index in [2.05, 4.69) is 12.2 Å². The first kappa shape index (κ1) is 10.8. The highest BCUT2D eigenvalue weighted by Gasteiger charge is 1.99. The molecule has 0 aliphatic heterocycles. The van der Waals surface area contributed by atoms with Crippen LogP contribution in [-0.4, -0.2) is 20.5 Å². The molecule has 0 saturated carbocycles.